The first-order valence-electron chi connectivity index (χ1n) is 6.93. The van der Waals surface area contributed by atoms with E-state index < -0.39 is 24.9 Å². The van der Waals surface area contributed by atoms with E-state index in [0.717, 1.165) is 6.42 Å². The monoisotopic (exact) mass is 382 g/mol. The topological polar surface area (TPSA) is 29.1 Å². The molecule has 1 N–H and O–H groups in total. The summed E-state index contributed by atoms with van der Waals surface area (Å²) in [6.45, 7) is 6.52. The third kappa shape index (κ3) is 3.92. The van der Waals surface area contributed by atoms with Crippen LogP contribution in [0.5, 0.6) is 0 Å². The zero-order valence-corrected chi connectivity index (χ0v) is 14.7. The molecule has 0 heterocycles. The maximum atomic E-state index is 15.2. The van der Waals surface area contributed by atoms with Gasteiger partial charge in [0.25, 0.3) is 0 Å². The fourth-order valence-electron chi connectivity index (χ4n) is 2.84. The molecule has 1 aliphatic rings. The third-order valence-corrected chi connectivity index (χ3v) is 7.49. The van der Waals surface area contributed by atoms with Crippen LogP contribution in [-0.2, 0) is 4.79 Å². The predicted molar refractivity (Wildman–Crippen MR) is 73.2 cm³/mol. The Hall–Kier alpha value is -0.130. The minimum atomic E-state index is -1.25. The van der Waals surface area contributed by atoms with Crippen molar-refractivity contribution < 1.29 is 30.4 Å². The number of carbonyl (C=O) groups is 1. The Bertz CT molecular complexity index is 347. The van der Waals surface area contributed by atoms with Crippen molar-refractivity contribution in [3.8, 4) is 0 Å². The number of carbonyl (C=O) groups excluding carboxylic acids is 1. The summed E-state index contributed by atoms with van der Waals surface area (Å²) in [7, 11) is 1.62. The molecule has 2 nitrogen and oxygen atoms in total. The summed E-state index contributed by atoms with van der Waals surface area (Å²) in [6.07, 6.45) is 4.98. The molecule has 0 fully saturated rings. The second kappa shape index (κ2) is 7.04. The van der Waals surface area contributed by atoms with Crippen LogP contribution in [0.3, 0.4) is 0 Å². The van der Waals surface area contributed by atoms with Crippen LogP contribution in [0.4, 0.5) is 4.39 Å². The molecule has 1 rings (SSSR count). The van der Waals surface area contributed by atoms with Crippen LogP contribution in [-0.4, -0.2) is 21.6 Å². The van der Waals surface area contributed by atoms with Gasteiger partial charge < -0.3 is 0 Å². The zero-order valence-electron chi connectivity index (χ0n) is 12.5. The second-order valence-corrected chi connectivity index (χ2v) is 8.41. The fourth-order valence-corrected chi connectivity index (χ4v) is 5.04. The predicted octanol–water partition coefficient (Wildman–Crippen LogP) is -0.00850. The molecule has 0 aromatic carbocycles. The maximum absolute atomic E-state index is 15.2. The van der Waals surface area contributed by atoms with Crippen LogP contribution >= 0.6 is 0 Å². The summed E-state index contributed by atoms with van der Waals surface area (Å²) >= 11 is -0.599. The van der Waals surface area contributed by atoms with Crippen molar-refractivity contribution in [1.82, 2.24) is 5.32 Å². The van der Waals surface area contributed by atoms with Crippen LogP contribution in [0.1, 0.15) is 33.6 Å². The van der Waals surface area contributed by atoms with Gasteiger partial charge in [0, 0.05) is 0 Å². The van der Waals surface area contributed by atoms with Gasteiger partial charge in [0.2, 0.25) is 0 Å². The summed E-state index contributed by atoms with van der Waals surface area (Å²) < 4.78 is 14.0. The molecular formula is C15H26FINO-. The number of alkyl halides is 3. The molecule has 2 unspecified atom stereocenters. The third-order valence-electron chi connectivity index (χ3n) is 4.68. The van der Waals surface area contributed by atoms with Crippen LogP contribution in [0.15, 0.2) is 12.2 Å². The molecule has 0 saturated heterocycles. The summed E-state index contributed by atoms with van der Waals surface area (Å²) in [4.78, 5) is 13.7. The van der Waals surface area contributed by atoms with Crippen molar-refractivity contribution in [3.05, 3.63) is 12.2 Å². The molecule has 0 aromatic rings. The molecule has 0 spiro atoms. The Morgan fingerprint density at radius 1 is 1.42 bits per heavy atom. The normalized spacial score (nSPS) is 39.7. The van der Waals surface area contributed by atoms with Crippen molar-refractivity contribution in [2.75, 3.05) is 12.0 Å². The number of rotatable bonds is 3. The van der Waals surface area contributed by atoms with Crippen molar-refractivity contribution >= 4 is 5.91 Å². The van der Waals surface area contributed by atoms with E-state index in [1.807, 2.05) is 11.0 Å². The van der Waals surface area contributed by atoms with Crippen LogP contribution in [0, 0.1) is 23.7 Å². The van der Waals surface area contributed by atoms with Gasteiger partial charge in [-0.2, -0.15) is 0 Å². The first-order chi connectivity index (χ1) is 8.85. The molecule has 19 heavy (non-hydrogen) atoms. The van der Waals surface area contributed by atoms with E-state index in [-0.39, 0.29) is 17.7 Å². The van der Waals surface area contributed by atoms with Gasteiger partial charge in [-0.05, 0) is 0 Å². The van der Waals surface area contributed by atoms with Crippen LogP contribution in [0.2, 0.25) is 0 Å². The average Bonchev–Trinajstić information content (AvgIpc) is 2.41. The quantitative estimate of drug-likeness (QED) is 0.416. The Morgan fingerprint density at radius 3 is 2.58 bits per heavy atom. The Morgan fingerprint density at radius 2 is 2.05 bits per heavy atom. The molecule has 0 radical (unpaired) electrons. The van der Waals surface area contributed by atoms with Crippen molar-refractivity contribution in [2.45, 2.75) is 37.3 Å². The molecule has 1 aliphatic carbocycles. The van der Waals surface area contributed by atoms with Gasteiger partial charge in [0.05, 0.1) is 0 Å². The van der Waals surface area contributed by atoms with E-state index in [4.69, 9.17) is 0 Å². The molecule has 1 amide bonds. The molecular weight excluding hydrogens is 356 g/mol. The zero-order chi connectivity index (χ0) is 14.6. The molecule has 0 bridgehead atoms. The van der Waals surface area contributed by atoms with Crippen molar-refractivity contribution in [3.63, 3.8) is 0 Å². The van der Waals surface area contributed by atoms with E-state index >= 15 is 4.39 Å². The van der Waals surface area contributed by atoms with Crippen LogP contribution in [0.25, 0.3) is 0 Å². The Labute approximate surface area is 126 Å². The van der Waals surface area contributed by atoms with Gasteiger partial charge >= 0.3 is 127 Å². The van der Waals surface area contributed by atoms with Gasteiger partial charge in [-0.15, -0.1) is 0 Å². The number of hydrogen-bond acceptors (Lipinski definition) is 1. The number of amides is 1. The SMILES string of the molecule is CNC(=O)CC1[C@@H](C)[C@@H](C)[C@@H](C)CC=CC1(F)[I-]C. The van der Waals surface area contributed by atoms with Crippen molar-refractivity contribution in [1.29, 1.82) is 0 Å². The molecule has 0 aliphatic heterocycles. The molecule has 4 heteroatoms. The van der Waals surface area contributed by atoms with E-state index in [9.17, 15) is 4.79 Å². The second-order valence-electron chi connectivity index (χ2n) is 5.68. The Kier molecular flexibility index (Phi) is 6.27. The van der Waals surface area contributed by atoms with Gasteiger partial charge in [0.1, 0.15) is 0 Å². The molecule has 5 atom stereocenters. The fraction of sp³-hybridized carbons (Fsp3) is 0.800. The van der Waals surface area contributed by atoms with Gasteiger partial charge in [-0.3, -0.25) is 0 Å². The standard InChI is InChI=1S/C15H26FINO/c1-10-7-6-8-15(16,17-4)13(9-14(19)18-5)12(3)11(10)2/h6,8,10-13H,7,9H2,1-5H3,(H,18,19)/q-1/t10-,11-,12-,13?,15?/m0/s1. The van der Waals surface area contributed by atoms with E-state index in [2.05, 4.69) is 26.1 Å². The average molecular weight is 382 g/mol. The van der Waals surface area contributed by atoms with E-state index in [1.165, 1.54) is 0 Å². The summed E-state index contributed by atoms with van der Waals surface area (Å²) in [5.41, 5.74) is 0. The van der Waals surface area contributed by atoms with Crippen LogP contribution < -0.4 is 26.5 Å². The summed E-state index contributed by atoms with van der Waals surface area (Å²) in [6, 6.07) is 0. The number of hydrogen-bond donors (Lipinski definition) is 1. The van der Waals surface area contributed by atoms with Gasteiger partial charge in [-0.1, -0.05) is 0 Å². The van der Waals surface area contributed by atoms with E-state index in [0.29, 0.717) is 18.3 Å². The summed E-state index contributed by atoms with van der Waals surface area (Å²) in [5, 5.41) is 2.64. The number of halogens is 2. The molecule has 112 valence electrons. The van der Waals surface area contributed by atoms with E-state index in [1.54, 1.807) is 13.1 Å². The van der Waals surface area contributed by atoms with Crippen molar-refractivity contribution in [2.24, 2.45) is 23.7 Å². The van der Waals surface area contributed by atoms with Gasteiger partial charge in [-0.25, -0.2) is 0 Å². The molecule has 0 aromatic heterocycles. The first kappa shape index (κ1) is 16.9. The summed E-state index contributed by atoms with van der Waals surface area (Å²) in [5.74, 6) is 0.953. The number of allylic oxidation sites excluding steroid dienone is 2. The number of nitrogens with one attached hydrogen (secondary N) is 1. The Balaban J connectivity index is 3.09. The molecule has 0 saturated carbocycles. The first-order valence-corrected chi connectivity index (χ1v) is 10.2. The minimum absolute atomic E-state index is 0.0508. The van der Waals surface area contributed by atoms with Gasteiger partial charge in [0.15, 0.2) is 0 Å².